The van der Waals surface area contributed by atoms with Crippen LogP contribution in [0.4, 0.5) is 11.6 Å². The van der Waals surface area contributed by atoms with Gasteiger partial charge in [0.25, 0.3) is 0 Å². The first-order valence-corrected chi connectivity index (χ1v) is 11.7. The van der Waals surface area contributed by atoms with Crippen LogP contribution in [0.2, 0.25) is 0 Å². The van der Waals surface area contributed by atoms with Crippen molar-refractivity contribution in [3.05, 3.63) is 61.2 Å². The molecule has 3 aromatic heterocycles. The van der Waals surface area contributed by atoms with Gasteiger partial charge >= 0.3 is 5.97 Å². The molecule has 2 fully saturated rings. The van der Waals surface area contributed by atoms with Crippen molar-refractivity contribution in [2.45, 2.75) is 31.8 Å². The summed E-state index contributed by atoms with van der Waals surface area (Å²) in [4.78, 5) is 25.3. The molecule has 1 N–H and O–H groups in total. The number of carbonyl (C=O) groups excluding carboxylic acids is 1. The van der Waals surface area contributed by atoms with Crippen LogP contribution in [-0.2, 0) is 11.8 Å². The number of anilines is 2. The summed E-state index contributed by atoms with van der Waals surface area (Å²) in [6.45, 7) is 0. The Morgan fingerprint density at radius 3 is 2.49 bits per heavy atom. The normalized spacial score (nSPS) is 15.0. The predicted octanol–water partition coefficient (Wildman–Crippen LogP) is 4.54. The zero-order chi connectivity index (χ0) is 23.8. The summed E-state index contributed by atoms with van der Waals surface area (Å²) in [6.07, 6.45) is 11.1. The Balaban J connectivity index is 1.18. The molecule has 2 aliphatic rings. The second-order valence-corrected chi connectivity index (χ2v) is 8.87. The van der Waals surface area contributed by atoms with Gasteiger partial charge in [-0.2, -0.15) is 10.1 Å². The van der Waals surface area contributed by atoms with Crippen LogP contribution < -0.4 is 14.8 Å². The molecule has 4 aromatic rings. The van der Waals surface area contributed by atoms with Crippen LogP contribution in [0.3, 0.4) is 0 Å². The van der Waals surface area contributed by atoms with E-state index in [1.54, 1.807) is 23.3 Å². The number of esters is 1. The number of ether oxygens (including phenoxy) is 2. The fourth-order valence-electron chi connectivity index (χ4n) is 3.67. The van der Waals surface area contributed by atoms with Crippen LogP contribution in [0.15, 0.2) is 61.2 Å². The number of benzene rings is 1. The maximum Gasteiger partial charge on any atom is 0.314 e. The Labute approximate surface area is 202 Å². The standard InChI is InChI=1S/C26H24N6O3/c1-32-25(31-23-14-27-15-24(30-23)34-19-9-10-19)21(13-29-32)22-11-6-18(12-28-22)16-4-7-20(8-5-16)35-26(33)17-2-3-17/h4-8,11-15,17,19H,2-3,9-10H2,1H3,(H,30,31). The van der Waals surface area contributed by atoms with E-state index >= 15 is 0 Å². The fourth-order valence-corrected chi connectivity index (χ4v) is 3.67. The minimum Gasteiger partial charge on any atom is -0.473 e. The topological polar surface area (TPSA) is 104 Å². The van der Waals surface area contributed by atoms with E-state index in [0.717, 1.165) is 53.9 Å². The highest BCUT2D eigenvalue weighted by Gasteiger charge is 2.31. The van der Waals surface area contributed by atoms with Gasteiger partial charge in [-0.25, -0.2) is 0 Å². The van der Waals surface area contributed by atoms with Crippen molar-refractivity contribution in [1.29, 1.82) is 0 Å². The van der Waals surface area contributed by atoms with Crippen molar-refractivity contribution >= 4 is 17.6 Å². The lowest BCUT2D eigenvalue weighted by atomic mass is 10.1. The minimum absolute atomic E-state index is 0.0744. The molecule has 35 heavy (non-hydrogen) atoms. The van der Waals surface area contributed by atoms with Gasteiger partial charge in [0.1, 0.15) is 17.7 Å². The largest absolute Gasteiger partial charge is 0.473 e. The van der Waals surface area contributed by atoms with Crippen LogP contribution >= 0.6 is 0 Å². The van der Waals surface area contributed by atoms with Gasteiger partial charge in [0.05, 0.1) is 35.8 Å². The Hall–Kier alpha value is -4.27. The molecule has 0 saturated heterocycles. The molecule has 9 heteroatoms. The maximum atomic E-state index is 11.9. The van der Waals surface area contributed by atoms with E-state index in [2.05, 4.69) is 25.4 Å². The van der Waals surface area contributed by atoms with Gasteiger partial charge in [0.15, 0.2) is 5.82 Å². The number of pyridine rings is 1. The summed E-state index contributed by atoms with van der Waals surface area (Å²) in [5.74, 6) is 2.34. The third kappa shape index (κ3) is 4.84. The molecule has 0 amide bonds. The number of aromatic nitrogens is 5. The molecule has 9 nitrogen and oxygen atoms in total. The second-order valence-electron chi connectivity index (χ2n) is 8.87. The molecular weight excluding hydrogens is 444 g/mol. The average molecular weight is 469 g/mol. The third-order valence-electron chi connectivity index (χ3n) is 5.97. The van der Waals surface area contributed by atoms with E-state index in [1.165, 1.54) is 0 Å². The molecule has 1 aromatic carbocycles. The predicted molar refractivity (Wildman–Crippen MR) is 129 cm³/mol. The summed E-state index contributed by atoms with van der Waals surface area (Å²) >= 11 is 0. The van der Waals surface area contributed by atoms with E-state index in [1.807, 2.05) is 49.6 Å². The first-order valence-electron chi connectivity index (χ1n) is 11.7. The fraction of sp³-hybridized carbons (Fsp3) is 0.269. The van der Waals surface area contributed by atoms with E-state index in [-0.39, 0.29) is 18.0 Å². The van der Waals surface area contributed by atoms with Gasteiger partial charge in [0, 0.05) is 18.8 Å². The molecule has 2 aliphatic carbocycles. The Morgan fingerprint density at radius 1 is 0.971 bits per heavy atom. The van der Waals surface area contributed by atoms with Crippen LogP contribution in [0.1, 0.15) is 25.7 Å². The molecule has 2 saturated carbocycles. The summed E-state index contributed by atoms with van der Waals surface area (Å²) in [7, 11) is 1.86. The highest BCUT2D eigenvalue weighted by Crippen LogP contribution is 2.33. The van der Waals surface area contributed by atoms with Crippen molar-refractivity contribution in [3.8, 4) is 34.0 Å². The molecular formula is C26H24N6O3. The Morgan fingerprint density at radius 2 is 1.77 bits per heavy atom. The molecule has 0 bridgehead atoms. The van der Waals surface area contributed by atoms with Crippen molar-refractivity contribution in [2.24, 2.45) is 13.0 Å². The molecule has 3 heterocycles. The molecule has 6 rings (SSSR count). The van der Waals surface area contributed by atoms with Gasteiger partial charge in [0.2, 0.25) is 5.88 Å². The highest BCUT2D eigenvalue weighted by molar-refractivity contribution is 5.78. The zero-order valence-corrected chi connectivity index (χ0v) is 19.2. The van der Waals surface area contributed by atoms with E-state index in [9.17, 15) is 4.79 Å². The minimum atomic E-state index is -0.141. The van der Waals surface area contributed by atoms with Crippen molar-refractivity contribution < 1.29 is 14.3 Å². The highest BCUT2D eigenvalue weighted by atomic mass is 16.5. The summed E-state index contributed by atoms with van der Waals surface area (Å²) in [5, 5.41) is 7.69. The van der Waals surface area contributed by atoms with Crippen molar-refractivity contribution in [1.82, 2.24) is 24.7 Å². The van der Waals surface area contributed by atoms with Crippen LogP contribution in [0, 0.1) is 5.92 Å². The lowest BCUT2D eigenvalue weighted by molar-refractivity contribution is -0.135. The molecule has 176 valence electrons. The number of rotatable bonds is 8. The summed E-state index contributed by atoms with van der Waals surface area (Å²) in [5.41, 5.74) is 3.57. The van der Waals surface area contributed by atoms with Gasteiger partial charge in [-0.05, 0) is 49.4 Å². The lowest BCUT2D eigenvalue weighted by Gasteiger charge is -2.10. The molecule has 0 aliphatic heterocycles. The van der Waals surface area contributed by atoms with E-state index in [0.29, 0.717) is 17.4 Å². The number of nitrogens with one attached hydrogen (secondary N) is 1. The van der Waals surface area contributed by atoms with E-state index < -0.39 is 0 Å². The van der Waals surface area contributed by atoms with Crippen LogP contribution in [-0.4, -0.2) is 36.8 Å². The second kappa shape index (κ2) is 8.83. The molecule has 0 radical (unpaired) electrons. The maximum absolute atomic E-state index is 11.9. The van der Waals surface area contributed by atoms with E-state index in [4.69, 9.17) is 9.47 Å². The Bertz CT molecular complexity index is 1360. The van der Waals surface area contributed by atoms with Gasteiger partial charge in [-0.3, -0.25) is 19.4 Å². The Kier molecular flexibility index (Phi) is 5.36. The molecule has 0 atom stereocenters. The summed E-state index contributed by atoms with van der Waals surface area (Å²) < 4.78 is 12.9. The smallest absolute Gasteiger partial charge is 0.314 e. The first-order chi connectivity index (χ1) is 17.1. The van der Waals surface area contributed by atoms with Gasteiger partial charge in [-0.1, -0.05) is 18.2 Å². The summed E-state index contributed by atoms with van der Waals surface area (Å²) in [6, 6.07) is 11.5. The van der Waals surface area contributed by atoms with Gasteiger partial charge in [-0.15, -0.1) is 0 Å². The lowest BCUT2D eigenvalue weighted by Crippen LogP contribution is -2.09. The zero-order valence-electron chi connectivity index (χ0n) is 19.2. The number of hydrogen-bond acceptors (Lipinski definition) is 8. The van der Waals surface area contributed by atoms with Crippen LogP contribution in [0.5, 0.6) is 11.6 Å². The number of aryl methyl sites for hydroxylation is 1. The quantitative estimate of drug-likeness (QED) is 0.297. The SMILES string of the molecule is Cn1ncc(-c2ccc(-c3ccc(OC(=O)C4CC4)cc3)cn2)c1Nc1cncc(OC2CC2)n1. The third-order valence-corrected chi connectivity index (χ3v) is 5.97. The monoisotopic (exact) mass is 468 g/mol. The van der Waals surface area contributed by atoms with Crippen LogP contribution in [0.25, 0.3) is 22.4 Å². The van der Waals surface area contributed by atoms with Crippen molar-refractivity contribution in [3.63, 3.8) is 0 Å². The molecule has 0 spiro atoms. The van der Waals surface area contributed by atoms with Gasteiger partial charge < -0.3 is 14.8 Å². The number of nitrogens with zero attached hydrogens (tertiary/aromatic N) is 5. The average Bonchev–Trinajstić information content (AvgIpc) is 3.80. The van der Waals surface area contributed by atoms with Crippen molar-refractivity contribution in [2.75, 3.05) is 5.32 Å². The first kappa shape index (κ1) is 21.3. The number of carbonyl (C=O) groups is 1. The molecule has 0 unspecified atom stereocenters. The number of hydrogen-bond donors (Lipinski definition) is 1.